The molecule has 0 saturated heterocycles. The Bertz CT molecular complexity index is 429. The summed E-state index contributed by atoms with van der Waals surface area (Å²) in [6, 6.07) is 5.85. The molecule has 0 amide bonds. The number of benzene rings is 1. The molecule has 0 heterocycles. The van der Waals surface area contributed by atoms with Gasteiger partial charge in [-0.3, -0.25) is 4.79 Å². The summed E-state index contributed by atoms with van der Waals surface area (Å²) in [5.74, 6) is -0.432. The number of carbonyl (C=O) groups is 1. The summed E-state index contributed by atoms with van der Waals surface area (Å²) in [6.07, 6.45) is 3.07. The molecule has 19 heavy (non-hydrogen) atoms. The van der Waals surface area contributed by atoms with Gasteiger partial charge in [-0.2, -0.15) is 0 Å². The molecule has 0 spiro atoms. The van der Waals surface area contributed by atoms with Gasteiger partial charge in [-0.15, -0.1) is 0 Å². The maximum absolute atomic E-state index is 12.7. The van der Waals surface area contributed by atoms with Crippen LogP contribution in [-0.2, 0) is 4.79 Å². The molecule has 1 aliphatic carbocycles. The summed E-state index contributed by atoms with van der Waals surface area (Å²) in [6.45, 7) is 1.09. The van der Waals surface area contributed by atoms with E-state index in [9.17, 15) is 9.18 Å². The molecule has 5 heteroatoms. The zero-order chi connectivity index (χ0) is 13.7. The minimum atomic E-state index is -0.766. The van der Waals surface area contributed by atoms with Crippen molar-refractivity contribution in [1.29, 1.82) is 0 Å². The molecule has 0 bridgehead atoms. The van der Waals surface area contributed by atoms with E-state index < -0.39 is 11.5 Å². The van der Waals surface area contributed by atoms with Crippen LogP contribution in [0.1, 0.15) is 25.7 Å². The number of ether oxygens (including phenoxy) is 1. The van der Waals surface area contributed by atoms with Gasteiger partial charge in [0.15, 0.2) is 0 Å². The highest BCUT2D eigenvalue weighted by Crippen LogP contribution is 2.31. The molecule has 0 radical (unpaired) electrons. The smallest absolute Gasteiger partial charge is 0.323 e. The van der Waals surface area contributed by atoms with Gasteiger partial charge in [0.05, 0.1) is 6.61 Å². The fourth-order valence-electron chi connectivity index (χ4n) is 2.12. The van der Waals surface area contributed by atoms with E-state index in [1.54, 1.807) is 12.1 Å². The molecular formula is C14H18FNO3. The third-order valence-electron chi connectivity index (χ3n) is 3.48. The molecule has 1 aromatic rings. The molecule has 1 fully saturated rings. The molecule has 2 rings (SSSR count). The van der Waals surface area contributed by atoms with Gasteiger partial charge in [-0.1, -0.05) is 0 Å². The quantitative estimate of drug-likeness (QED) is 0.743. The van der Waals surface area contributed by atoms with E-state index in [4.69, 9.17) is 9.84 Å². The minimum Gasteiger partial charge on any atom is -0.494 e. The predicted molar refractivity (Wildman–Crippen MR) is 68.7 cm³/mol. The van der Waals surface area contributed by atoms with Crippen molar-refractivity contribution in [2.45, 2.75) is 31.2 Å². The SMILES string of the molecule is O=C(O)C1(NCCCOc2ccc(F)cc2)CCC1. The molecule has 1 aliphatic rings. The van der Waals surface area contributed by atoms with Gasteiger partial charge in [-0.05, 0) is 56.5 Å². The summed E-state index contributed by atoms with van der Waals surface area (Å²) in [4.78, 5) is 11.1. The maximum Gasteiger partial charge on any atom is 0.323 e. The van der Waals surface area contributed by atoms with Gasteiger partial charge >= 0.3 is 5.97 Å². The molecule has 0 atom stereocenters. The maximum atomic E-state index is 12.7. The van der Waals surface area contributed by atoms with Gasteiger partial charge in [0.2, 0.25) is 0 Å². The van der Waals surface area contributed by atoms with Crippen LogP contribution in [0.4, 0.5) is 4.39 Å². The Kier molecular flexibility index (Phi) is 4.37. The van der Waals surface area contributed by atoms with Gasteiger partial charge in [0.1, 0.15) is 17.1 Å². The summed E-state index contributed by atoms with van der Waals surface area (Å²) in [5.41, 5.74) is -0.712. The van der Waals surface area contributed by atoms with E-state index in [0.29, 0.717) is 38.2 Å². The number of carboxylic acids is 1. The Balaban J connectivity index is 1.64. The van der Waals surface area contributed by atoms with E-state index in [0.717, 1.165) is 6.42 Å². The number of halogens is 1. The van der Waals surface area contributed by atoms with Crippen LogP contribution in [0.25, 0.3) is 0 Å². The van der Waals surface area contributed by atoms with Crippen LogP contribution in [0.15, 0.2) is 24.3 Å². The highest BCUT2D eigenvalue weighted by Gasteiger charge is 2.43. The first kappa shape index (κ1) is 13.8. The molecule has 104 valence electrons. The predicted octanol–water partition coefficient (Wildman–Crippen LogP) is 2.19. The zero-order valence-corrected chi connectivity index (χ0v) is 10.7. The van der Waals surface area contributed by atoms with Crippen molar-refractivity contribution in [2.24, 2.45) is 0 Å². The van der Waals surface area contributed by atoms with Gasteiger partial charge in [0, 0.05) is 0 Å². The summed E-state index contributed by atoms with van der Waals surface area (Å²) in [7, 11) is 0. The molecule has 1 aromatic carbocycles. The molecule has 0 aromatic heterocycles. The summed E-state index contributed by atoms with van der Waals surface area (Å²) >= 11 is 0. The van der Waals surface area contributed by atoms with Crippen molar-refractivity contribution in [3.8, 4) is 5.75 Å². The molecule has 0 unspecified atom stereocenters. The second-order valence-corrected chi connectivity index (χ2v) is 4.82. The lowest BCUT2D eigenvalue weighted by atomic mass is 9.77. The van der Waals surface area contributed by atoms with Crippen LogP contribution in [0, 0.1) is 5.82 Å². The molecule has 4 nitrogen and oxygen atoms in total. The van der Waals surface area contributed by atoms with Crippen LogP contribution in [0.3, 0.4) is 0 Å². The topological polar surface area (TPSA) is 58.6 Å². The van der Waals surface area contributed by atoms with Crippen LogP contribution in [0.2, 0.25) is 0 Å². The number of hydrogen-bond acceptors (Lipinski definition) is 3. The lowest BCUT2D eigenvalue weighted by Crippen LogP contribution is -2.57. The number of nitrogens with one attached hydrogen (secondary N) is 1. The summed E-state index contributed by atoms with van der Waals surface area (Å²) in [5, 5.41) is 12.2. The van der Waals surface area contributed by atoms with Crippen molar-refractivity contribution in [3.63, 3.8) is 0 Å². The lowest BCUT2D eigenvalue weighted by Gasteiger charge is -2.38. The number of carboxylic acid groups (broad SMARTS) is 1. The fraction of sp³-hybridized carbons (Fsp3) is 0.500. The van der Waals surface area contributed by atoms with Gasteiger partial charge in [0.25, 0.3) is 0 Å². The van der Waals surface area contributed by atoms with E-state index in [1.165, 1.54) is 12.1 Å². The van der Waals surface area contributed by atoms with Crippen molar-refractivity contribution >= 4 is 5.97 Å². The number of rotatable bonds is 7. The third-order valence-corrected chi connectivity index (χ3v) is 3.48. The Morgan fingerprint density at radius 2 is 2.05 bits per heavy atom. The van der Waals surface area contributed by atoms with Gasteiger partial charge < -0.3 is 15.2 Å². The normalized spacial score (nSPS) is 16.7. The van der Waals surface area contributed by atoms with E-state index >= 15 is 0 Å². The second-order valence-electron chi connectivity index (χ2n) is 4.82. The lowest BCUT2D eigenvalue weighted by molar-refractivity contribution is -0.148. The monoisotopic (exact) mass is 267 g/mol. The Morgan fingerprint density at radius 1 is 1.37 bits per heavy atom. The van der Waals surface area contributed by atoms with Crippen molar-refractivity contribution in [1.82, 2.24) is 5.32 Å². The van der Waals surface area contributed by atoms with E-state index in [-0.39, 0.29) is 5.82 Å². The molecular weight excluding hydrogens is 249 g/mol. The Morgan fingerprint density at radius 3 is 2.58 bits per heavy atom. The van der Waals surface area contributed by atoms with E-state index in [1.807, 2.05) is 0 Å². The molecule has 0 aliphatic heterocycles. The Labute approximate surface area is 111 Å². The number of hydrogen-bond donors (Lipinski definition) is 2. The van der Waals surface area contributed by atoms with E-state index in [2.05, 4.69) is 5.32 Å². The van der Waals surface area contributed by atoms with Gasteiger partial charge in [-0.25, -0.2) is 4.39 Å². The zero-order valence-electron chi connectivity index (χ0n) is 10.7. The fourth-order valence-corrected chi connectivity index (χ4v) is 2.12. The second kappa shape index (κ2) is 6.02. The largest absolute Gasteiger partial charge is 0.494 e. The summed E-state index contributed by atoms with van der Waals surface area (Å²) < 4.78 is 18.1. The first-order valence-corrected chi connectivity index (χ1v) is 6.49. The van der Waals surface area contributed by atoms with Crippen LogP contribution >= 0.6 is 0 Å². The average Bonchev–Trinajstić information content (AvgIpc) is 2.33. The Hall–Kier alpha value is -1.62. The molecule has 2 N–H and O–H groups in total. The van der Waals surface area contributed by atoms with Crippen molar-refractivity contribution < 1.29 is 19.0 Å². The first-order valence-electron chi connectivity index (χ1n) is 6.49. The first-order chi connectivity index (χ1) is 9.12. The van der Waals surface area contributed by atoms with Crippen LogP contribution in [0.5, 0.6) is 5.75 Å². The number of aliphatic carboxylic acids is 1. The highest BCUT2D eigenvalue weighted by atomic mass is 19.1. The van der Waals surface area contributed by atoms with Crippen molar-refractivity contribution in [2.75, 3.05) is 13.2 Å². The van der Waals surface area contributed by atoms with Crippen LogP contribution in [-0.4, -0.2) is 29.8 Å². The highest BCUT2D eigenvalue weighted by molar-refractivity contribution is 5.79. The third kappa shape index (κ3) is 3.44. The standard InChI is InChI=1S/C14H18FNO3/c15-11-3-5-12(6-4-11)19-10-2-9-16-14(13(17)18)7-1-8-14/h3-6,16H,1-2,7-10H2,(H,17,18). The van der Waals surface area contributed by atoms with Crippen molar-refractivity contribution in [3.05, 3.63) is 30.1 Å². The minimum absolute atomic E-state index is 0.289. The molecule has 1 saturated carbocycles. The average molecular weight is 267 g/mol. The van der Waals surface area contributed by atoms with Crippen LogP contribution < -0.4 is 10.1 Å².